The third-order valence-corrected chi connectivity index (χ3v) is 8.25. The maximum atomic E-state index is 12.6. The van der Waals surface area contributed by atoms with Crippen molar-refractivity contribution in [2.45, 2.75) is 43.8 Å². The number of amides is 1. The van der Waals surface area contributed by atoms with Crippen molar-refractivity contribution in [1.82, 2.24) is 19.7 Å². The molecular formula is C25H26N6OS2. The van der Waals surface area contributed by atoms with E-state index < -0.39 is 0 Å². The first-order valence-electron chi connectivity index (χ1n) is 11.7. The number of aromatic nitrogens is 4. The van der Waals surface area contributed by atoms with Crippen LogP contribution in [0.25, 0.3) is 20.8 Å². The standard InChI is InChI=1S/C25H26N6OS2/c1-16-4-11-20-21(14-16)34-23(27-20)17-5-7-18(8-6-17)26-22(32)15-33-25-29-28-24(30-12-2-3-13-30)31(25)19-9-10-19/h4-8,11,14,19H,2-3,9-10,12-13,15H2,1H3,(H,26,32). The molecule has 2 aliphatic rings. The molecule has 2 fully saturated rings. The van der Waals surface area contributed by atoms with E-state index in [-0.39, 0.29) is 5.91 Å². The van der Waals surface area contributed by atoms with Crippen LogP contribution in [0, 0.1) is 6.92 Å². The van der Waals surface area contributed by atoms with E-state index in [0.29, 0.717) is 11.8 Å². The summed E-state index contributed by atoms with van der Waals surface area (Å²) in [5.74, 6) is 1.24. The number of aryl methyl sites for hydroxylation is 1. The van der Waals surface area contributed by atoms with Crippen LogP contribution in [0.5, 0.6) is 0 Å². The molecule has 1 N–H and O–H groups in total. The van der Waals surface area contributed by atoms with Crippen molar-refractivity contribution in [1.29, 1.82) is 0 Å². The van der Waals surface area contributed by atoms with Gasteiger partial charge in [0.1, 0.15) is 5.01 Å². The summed E-state index contributed by atoms with van der Waals surface area (Å²) in [4.78, 5) is 19.7. The van der Waals surface area contributed by atoms with Crippen molar-refractivity contribution in [3.63, 3.8) is 0 Å². The van der Waals surface area contributed by atoms with Crippen molar-refractivity contribution in [2.24, 2.45) is 0 Å². The lowest BCUT2D eigenvalue weighted by Crippen LogP contribution is -2.22. The molecule has 0 bridgehead atoms. The molecule has 0 atom stereocenters. The first-order chi connectivity index (χ1) is 16.6. The maximum absolute atomic E-state index is 12.6. The van der Waals surface area contributed by atoms with Crippen LogP contribution in [0.15, 0.2) is 47.6 Å². The molecule has 1 amide bonds. The van der Waals surface area contributed by atoms with Crippen LogP contribution in [-0.4, -0.2) is 44.5 Å². The summed E-state index contributed by atoms with van der Waals surface area (Å²) in [5, 5.41) is 13.7. The molecule has 1 aliphatic carbocycles. The van der Waals surface area contributed by atoms with E-state index in [1.54, 1.807) is 11.3 Å². The topological polar surface area (TPSA) is 75.9 Å². The van der Waals surface area contributed by atoms with Crippen LogP contribution in [0.1, 0.15) is 37.3 Å². The van der Waals surface area contributed by atoms with E-state index in [9.17, 15) is 4.79 Å². The van der Waals surface area contributed by atoms with Gasteiger partial charge in [0.25, 0.3) is 0 Å². The molecular weight excluding hydrogens is 464 g/mol. The Morgan fingerprint density at radius 1 is 1.12 bits per heavy atom. The number of carbonyl (C=O) groups is 1. The molecule has 2 aromatic carbocycles. The van der Waals surface area contributed by atoms with Gasteiger partial charge >= 0.3 is 0 Å². The van der Waals surface area contributed by atoms with Gasteiger partial charge in [-0.2, -0.15) is 0 Å². The minimum absolute atomic E-state index is 0.0405. The van der Waals surface area contributed by atoms with Crippen LogP contribution in [0.2, 0.25) is 0 Å². The second kappa shape index (κ2) is 9.03. The number of nitrogens with one attached hydrogen (secondary N) is 1. The molecule has 0 spiro atoms. The van der Waals surface area contributed by atoms with Crippen molar-refractivity contribution in [3.8, 4) is 10.6 Å². The van der Waals surface area contributed by atoms with Crippen molar-refractivity contribution in [2.75, 3.05) is 29.1 Å². The summed E-state index contributed by atoms with van der Waals surface area (Å²) in [6, 6.07) is 14.7. The Labute approximate surface area is 206 Å². The van der Waals surface area contributed by atoms with Gasteiger partial charge in [-0.3, -0.25) is 9.36 Å². The van der Waals surface area contributed by atoms with Gasteiger partial charge in [0.2, 0.25) is 11.9 Å². The summed E-state index contributed by atoms with van der Waals surface area (Å²) in [5.41, 5.74) is 4.10. The minimum atomic E-state index is -0.0405. The van der Waals surface area contributed by atoms with E-state index >= 15 is 0 Å². The van der Waals surface area contributed by atoms with Gasteiger partial charge in [0, 0.05) is 30.4 Å². The van der Waals surface area contributed by atoms with Crippen molar-refractivity contribution >= 4 is 50.9 Å². The molecule has 6 rings (SSSR count). The van der Waals surface area contributed by atoms with E-state index in [1.807, 2.05) is 24.3 Å². The summed E-state index contributed by atoms with van der Waals surface area (Å²) < 4.78 is 3.44. The Bertz CT molecular complexity index is 1340. The number of anilines is 2. The van der Waals surface area contributed by atoms with Crippen LogP contribution < -0.4 is 10.2 Å². The highest BCUT2D eigenvalue weighted by Gasteiger charge is 2.32. The average molecular weight is 491 g/mol. The Morgan fingerprint density at radius 2 is 1.91 bits per heavy atom. The highest BCUT2D eigenvalue weighted by molar-refractivity contribution is 7.99. The molecule has 2 aromatic heterocycles. The number of nitrogens with zero attached hydrogens (tertiary/aromatic N) is 5. The molecule has 0 unspecified atom stereocenters. The highest BCUT2D eigenvalue weighted by atomic mass is 32.2. The van der Waals surface area contributed by atoms with E-state index in [1.165, 1.54) is 47.7 Å². The summed E-state index contributed by atoms with van der Waals surface area (Å²) in [6.45, 7) is 4.18. The average Bonchev–Trinajstić information content (AvgIpc) is 3.23. The molecule has 1 aliphatic heterocycles. The van der Waals surface area contributed by atoms with Crippen LogP contribution >= 0.6 is 23.1 Å². The van der Waals surface area contributed by atoms with Gasteiger partial charge in [-0.15, -0.1) is 21.5 Å². The molecule has 3 heterocycles. The van der Waals surface area contributed by atoms with Gasteiger partial charge in [-0.05, 0) is 74.6 Å². The van der Waals surface area contributed by atoms with Gasteiger partial charge in [-0.25, -0.2) is 4.98 Å². The fraction of sp³-hybridized carbons (Fsp3) is 0.360. The second-order valence-corrected chi connectivity index (χ2v) is 11.0. The number of benzene rings is 2. The lowest BCUT2D eigenvalue weighted by molar-refractivity contribution is -0.113. The number of hydrogen-bond acceptors (Lipinski definition) is 7. The van der Waals surface area contributed by atoms with E-state index in [4.69, 9.17) is 4.98 Å². The zero-order chi connectivity index (χ0) is 23.1. The normalized spacial score (nSPS) is 15.9. The molecule has 0 radical (unpaired) electrons. The first kappa shape index (κ1) is 21.6. The van der Waals surface area contributed by atoms with Gasteiger partial charge < -0.3 is 10.2 Å². The summed E-state index contributed by atoms with van der Waals surface area (Å²) >= 11 is 3.16. The van der Waals surface area contributed by atoms with E-state index in [0.717, 1.165) is 46.0 Å². The SMILES string of the molecule is Cc1ccc2nc(-c3ccc(NC(=O)CSc4nnc(N5CCCC5)n4C4CC4)cc3)sc2c1. The number of rotatable bonds is 7. The Balaban J connectivity index is 1.10. The zero-order valence-electron chi connectivity index (χ0n) is 19.0. The lowest BCUT2D eigenvalue weighted by atomic mass is 10.2. The summed E-state index contributed by atoms with van der Waals surface area (Å²) in [6.07, 6.45) is 4.75. The van der Waals surface area contributed by atoms with Gasteiger partial charge in [0.05, 0.1) is 16.0 Å². The van der Waals surface area contributed by atoms with Gasteiger partial charge in [0.15, 0.2) is 5.16 Å². The lowest BCUT2D eigenvalue weighted by Gasteiger charge is -2.17. The van der Waals surface area contributed by atoms with E-state index in [2.05, 4.69) is 50.1 Å². The minimum Gasteiger partial charge on any atom is -0.341 e. The predicted molar refractivity (Wildman–Crippen MR) is 139 cm³/mol. The van der Waals surface area contributed by atoms with Crippen molar-refractivity contribution < 1.29 is 4.79 Å². The molecule has 4 aromatic rings. The smallest absolute Gasteiger partial charge is 0.234 e. The molecule has 1 saturated heterocycles. The zero-order valence-corrected chi connectivity index (χ0v) is 20.7. The highest BCUT2D eigenvalue weighted by Crippen LogP contribution is 2.41. The molecule has 7 nitrogen and oxygen atoms in total. The third-order valence-electron chi connectivity index (χ3n) is 6.24. The number of thioether (sulfide) groups is 1. The quantitative estimate of drug-likeness (QED) is 0.343. The first-order valence-corrected chi connectivity index (χ1v) is 13.5. The fourth-order valence-electron chi connectivity index (χ4n) is 4.33. The Kier molecular flexibility index (Phi) is 5.74. The Hall–Kier alpha value is -2.91. The fourth-order valence-corrected chi connectivity index (χ4v) is 6.20. The van der Waals surface area contributed by atoms with Crippen LogP contribution in [-0.2, 0) is 4.79 Å². The summed E-state index contributed by atoms with van der Waals surface area (Å²) in [7, 11) is 0. The molecule has 9 heteroatoms. The monoisotopic (exact) mass is 490 g/mol. The molecule has 1 saturated carbocycles. The number of hydrogen-bond donors (Lipinski definition) is 1. The van der Waals surface area contributed by atoms with Crippen LogP contribution in [0.3, 0.4) is 0 Å². The maximum Gasteiger partial charge on any atom is 0.234 e. The number of fused-ring (bicyclic) bond motifs is 1. The largest absolute Gasteiger partial charge is 0.341 e. The molecule has 34 heavy (non-hydrogen) atoms. The molecule has 174 valence electrons. The second-order valence-electron chi connectivity index (χ2n) is 8.98. The van der Waals surface area contributed by atoms with Gasteiger partial charge in [-0.1, -0.05) is 17.8 Å². The van der Waals surface area contributed by atoms with Crippen LogP contribution in [0.4, 0.5) is 11.6 Å². The predicted octanol–water partition coefficient (Wildman–Crippen LogP) is 5.53. The Morgan fingerprint density at radius 3 is 2.68 bits per heavy atom. The third kappa shape index (κ3) is 4.42. The van der Waals surface area contributed by atoms with Crippen molar-refractivity contribution in [3.05, 3.63) is 48.0 Å². The number of carbonyl (C=O) groups excluding carboxylic acids is 1. The number of thiazole rings is 1.